The number of carboxylic acid groups (broad SMARTS) is 1. The zero-order chi connectivity index (χ0) is 11.3. The second-order valence-electron chi connectivity index (χ2n) is 2.88. The van der Waals surface area contributed by atoms with Gasteiger partial charge in [-0.15, -0.1) is 0 Å². The molecule has 1 rings (SSSR count). The van der Waals surface area contributed by atoms with E-state index in [1.54, 1.807) is 24.0 Å². The van der Waals surface area contributed by atoms with Gasteiger partial charge < -0.3 is 20.3 Å². The summed E-state index contributed by atoms with van der Waals surface area (Å²) in [5.41, 5.74) is 0. The molecule has 0 saturated heterocycles. The Kier molecular flexibility index (Phi) is 3.67. The predicted octanol–water partition coefficient (Wildman–Crippen LogP) is -0.696. The molecular formula is C8H12N4O3. The summed E-state index contributed by atoms with van der Waals surface area (Å²) >= 11 is 0. The number of hydrogen-bond donors (Lipinski definition) is 3. The van der Waals surface area contributed by atoms with Crippen molar-refractivity contribution in [2.45, 2.75) is 6.54 Å². The van der Waals surface area contributed by atoms with Crippen LogP contribution < -0.4 is 10.6 Å². The highest BCUT2D eigenvalue weighted by Gasteiger charge is 2.04. The third-order valence-electron chi connectivity index (χ3n) is 1.73. The van der Waals surface area contributed by atoms with Crippen LogP contribution in [0.25, 0.3) is 0 Å². The standard InChI is InChI=1S/C8H12N4O3/c1-12-3-2-9-6(12)4-10-8(15)11-5-7(13)14/h2-3H,4-5H2,1H3,(H,13,14)(H2,10,11,15). The first-order chi connectivity index (χ1) is 7.09. The molecule has 0 aliphatic rings. The fraction of sp³-hybridized carbons (Fsp3) is 0.375. The van der Waals surface area contributed by atoms with Crippen molar-refractivity contribution in [3.05, 3.63) is 18.2 Å². The number of hydrogen-bond acceptors (Lipinski definition) is 3. The summed E-state index contributed by atoms with van der Waals surface area (Å²) in [5, 5.41) is 13.0. The van der Waals surface area contributed by atoms with Crippen LogP contribution in [0.15, 0.2) is 12.4 Å². The quantitative estimate of drug-likeness (QED) is 0.615. The summed E-state index contributed by atoms with van der Waals surface area (Å²) in [7, 11) is 1.80. The van der Waals surface area contributed by atoms with Crippen LogP contribution in [-0.2, 0) is 18.4 Å². The molecule has 0 bridgehead atoms. The summed E-state index contributed by atoms with van der Waals surface area (Å²) in [5.74, 6) is -0.386. The lowest BCUT2D eigenvalue weighted by Crippen LogP contribution is -2.38. The van der Waals surface area contributed by atoms with Crippen LogP contribution in [0.2, 0.25) is 0 Å². The van der Waals surface area contributed by atoms with E-state index in [2.05, 4.69) is 15.6 Å². The van der Waals surface area contributed by atoms with Gasteiger partial charge in [0.25, 0.3) is 0 Å². The molecule has 0 spiro atoms. The highest BCUT2D eigenvalue weighted by atomic mass is 16.4. The van der Waals surface area contributed by atoms with Gasteiger partial charge in [0, 0.05) is 19.4 Å². The van der Waals surface area contributed by atoms with Gasteiger partial charge in [-0.05, 0) is 0 Å². The first-order valence-electron chi connectivity index (χ1n) is 4.29. The number of rotatable bonds is 4. The number of carbonyl (C=O) groups is 2. The summed E-state index contributed by atoms with van der Waals surface area (Å²) in [4.78, 5) is 25.2. The van der Waals surface area contributed by atoms with Gasteiger partial charge in [-0.2, -0.15) is 0 Å². The van der Waals surface area contributed by atoms with Crippen molar-refractivity contribution in [1.82, 2.24) is 20.2 Å². The summed E-state index contributed by atoms with van der Waals surface area (Å²) in [6, 6.07) is -0.527. The fourth-order valence-electron chi connectivity index (χ4n) is 0.945. The Morgan fingerprint density at radius 3 is 2.80 bits per heavy atom. The normalized spacial score (nSPS) is 9.67. The Hall–Kier alpha value is -2.05. The van der Waals surface area contributed by atoms with Gasteiger partial charge in [0.1, 0.15) is 12.4 Å². The largest absolute Gasteiger partial charge is 0.480 e. The van der Waals surface area contributed by atoms with Crippen LogP contribution in [0, 0.1) is 0 Å². The number of imidazole rings is 1. The zero-order valence-electron chi connectivity index (χ0n) is 8.23. The summed E-state index contributed by atoms with van der Waals surface area (Å²) in [6.45, 7) is -0.138. The molecule has 0 atom stereocenters. The number of amides is 2. The summed E-state index contributed by atoms with van der Waals surface area (Å²) in [6.07, 6.45) is 3.37. The van der Waals surface area contributed by atoms with Crippen LogP contribution in [0.1, 0.15) is 5.82 Å². The third-order valence-corrected chi connectivity index (χ3v) is 1.73. The molecule has 82 valence electrons. The topological polar surface area (TPSA) is 96.3 Å². The average molecular weight is 212 g/mol. The van der Waals surface area contributed by atoms with Crippen molar-refractivity contribution < 1.29 is 14.7 Å². The van der Waals surface area contributed by atoms with E-state index >= 15 is 0 Å². The van der Waals surface area contributed by atoms with E-state index in [1.807, 2.05) is 0 Å². The molecule has 1 heterocycles. The number of aromatic nitrogens is 2. The smallest absolute Gasteiger partial charge is 0.323 e. The van der Waals surface area contributed by atoms with Crippen molar-refractivity contribution in [1.29, 1.82) is 0 Å². The van der Waals surface area contributed by atoms with Gasteiger partial charge in [-0.1, -0.05) is 0 Å². The predicted molar refractivity (Wildman–Crippen MR) is 51.1 cm³/mol. The van der Waals surface area contributed by atoms with Crippen molar-refractivity contribution in [3.63, 3.8) is 0 Å². The maximum atomic E-state index is 11.0. The van der Waals surface area contributed by atoms with Crippen molar-refractivity contribution in [2.75, 3.05) is 6.54 Å². The molecule has 1 aromatic heterocycles. The van der Waals surface area contributed by atoms with E-state index in [4.69, 9.17) is 5.11 Å². The second kappa shape index (κ2) is 4.99. The minimum absolute atomic E-state index is 0.259. The molecule has 0 aromatic carbocycles. The molecule has 0 unspecified atom stereocenters. The molecule has 0 aliphatic heterocycles. The van der Waals surface area contributed by atoms with Crippen LogP contribution in [-0.4, -0.2) is 33.2 Å². The van der Waals surface area contributed by atoms with Crippen molar-refractivity contribution in [2.24, 2.45) is 7.05 Å². The Balaban J connectivity index is 2.28. The van der Waals surface area contributed by atoms with Crippen molar-refractivity contribution in [3.8, 4) is 0 Å². The van der Waals surface area contributed by atoms with Gasteiger partial charge in [0.2, 0.25) is 0 Å². The molecule has 0 aliphatic carbocycles. The molecule has 7 nitrogen and oxygen atoms in total. The maximum Gasteiger partial charge on any atom is 0.323 e. The lowest BCUT2D eigenvalue weighted by atomic mass is 10.5. The lowest BCUT2D eigenvalue weighted by molar-refractivity contribution is -0.135. The minimum atomic E-state index is -1.08. The molecule has 7 heteroatoms. The summed E-state index contributed by atoms with van der Waals surface area (Å²) < 4.78 is 1.76. The highest BCUT2D eigenvalue weighted by Crippen LogP contribution is 1.92. The van der Waals surface area contributed by atoms with Crippen molar-refractivity contribution >= 4 is 12.0 Å². The third kappa shape index (κ3) is 3.67. The van der Waals surface area contributed by atoms with Crippen LogP contribution >= 0.6 is 0 Å². The fourth-order valence-corrected chi connectivity index (χ4v) is 0.945. The number of aryl methyl sites for hydroxylation is 1. The number of urea groups is 1. The number of carbonyl (C=O) groups excluding carboxylic acids is 1. The van der Waals surface area contributed by atoms with Gasteiger partial charge in [0.05, 0.1) is 6.54 Å². The molecular weight excluding hydrogens is 200 g/mol. The number of aliphatic carboxylic acids is 1. The lowest BCUT2D eigenvalue weighted by Gasteiger charge is -2.05. The van der Waals surface area contributed by atoms with Gasteiger partial charge in [0.15, 0.2) is 0 Å². The number of carboxylic acids is 1. The first-order valence-corrected chi connectivity index (χ1v) is 4.29. The Bertz CT molecular complexity index is 361. The molecule has 0 radical (unpaired) electrons. The number of nitrogens with one attached hydrogen (secondary N) is 2. The van der Waals surface area contributed by atoms with E-state index in [0.29, 0.717) is 5.82 Å². The maximum absolute atomic E-state index is 11.0. The van der Waals surface area contributed by atoms with Gasteiger partial charge >= 0.3 is 12.0 Å². The molecule has 0 fully saturated rings. The van der Waals surface area contributed by atoms with Crippen LogP contribution in [0.3, 0.4) is 0 Å². The number of nitrogens with zero attached hydrogens (tertiary/aromatic N) is 2. The SMILES string of the molecule is Cn1ccnc1CNC(=O)NCC(=O)O. The van der Waals surface area contributed by atoms with E-state index in [-0.39, 0.29) is 6.54 Å². The average Bonchev–Trinajstić information content (AvgIpc) is 2.58. The highest BCUT2D eigenvalue weighted by molar-refractivity contribution is 5.79. The molecule has 1 aromatic rings. The minimum Gasteiger partial charge on any atom is -0.480 e. The van der Waals surface area contributed by atoms with Crippen LogP contribution in [0.5, 0.6) is 0 Å². The molecule has 0 saturated carbocycles. The first kappa shape index (κ1) is 11.0. The molecule has 15 heavy (non-hydrogen) atoms. The van der Waals surface area contributed by atoms with Crippen LogP contribution in [0.4, 0.5) is 4.79 Å². The van der Waals surface area contributed by atoms with Gasteiger partial charge in [-0.3, -0.25) is 4.79 Å². The monoisotopic (exact) mass is 212 g/mol. The van der Waals surface area contributed by atoms with E-state index in [9.17, 15) is 9.59 Å². The second-order valence-corrected chi connectivity index (χ2v) is 2.88. The van der Waals surface area contributed by atoms with E-state index in [1.165, 1.54) is 0 Å². The molecule has 3 N–H and O–H groups in total. The zero-order valence-corrected chi connectivity index (χ0v) is 8.23. The Morgan fingerprint density at radius 1 is 1.53 bits per heavy atom. The van der Waals surface area contributed by atoms with Gasteiger partial charge in [-0.25, -0.2) is 9.78 Å². The Labute approximate surface area is 86.1 Å². The Morgan fingerprint density at radius 2 is 2.27 bits per heavy atom. The van der Waals surface area contributed by atoms with E-state index in [0.717, 1.165) is 0 Å². The van der Waals surface area contributed by atoms with E-state index < -0.39 is 18.5 Å². The molecule has 2 amide bonds.